The first-order valence-electron chi connectivity index (χ1n) is 19.3. The van der Waals surface area contributed by atoms with E-state index in [1.54, 1.807) is 57.0 Å². The molecule has 3 aliphatic rings. The van der Waals surface area contributed by atoms with Crippen LogP contribution in [0.25, 0.3) is 11.0 Å². The van der Waals surface area contributed by atoms with Crippen LogP contribution in [-0.2, 0) is 23.8 Å². The molecule has 0 bridgehead atoms. The van der Waals surface area contributed by atoms with Gasteiger partial charge in [-0.2, -0.15) is 0 Å². The van der Waals surface area contributed by atoms with Gasteiger partial charge in [-0.15, -0.1) is 0 Å². The molecular formula is C40H58FN3O8. The van der Waals surface area contributed by atoms with Crippen molar-refractivity contribution >= 4 is 40.5 Å². The van der Waals surface area contributed by atoms with Crippen LogP contribution in [0.1, 0.15) is 115 Å². The summed E-state index contributed by atoms with van der Waals surface area (Å²) in [5.74, 6) is -0.740. The first-order valence-corrected chi connectivity index (χ1v) is 19.3. The second-order valence-corrected chi connectivity index (χ2v) is 15.9. The number of rotatable bonds is 13. The topological polar surface area (TPSA) is 136 Å². The molecule has 2 aromatic rings. The highest BCUT2D eigenvalue weighted by atomic mass is 19.1. The summed E-state index contributed by atoms with van der Waals surface area (Å²) in [6, 6.07) is 5.56. The Morgan fingerprint density at radius 1 is 0.981 bits per heavy atom. The lowest BCUT2D eigenvalue weighted by Gasteiger charge is -2.38. The van der Waals surface area contributed by atoms with E-state index in [-0.39, 0.29) is 41.4 Å². The molecule has 288 valence electrons. The Balaban J connectivity index is 1.27. The van der Waals surface area contributed by atoms with Gasteiger partial charge in [0.25, 0.3) is 0 Å². The summed E-state index contributed by atoms with van der Waals surface area (Å²) in [5, 5.41) is 6.45. The van der Waals surface area contributed by atoms with Crippen molar-refractivity contribution in [2.45, 2.75) is 129 Å². The molecule has 0 unspecified atom stereocenters. The van der Waals surface area contributed by atoms with Crippen LogP contribution in [0.15, 0.2) is 28.7 Å². The lowest BCUT2D eigenvalue weighted by atomic mass is 9.75. The van der Waals surface area contributed by atoms with E-state index in [9.17, 15) is 23.6 Å². The minimum Gasteiger partial charge on any atom is -0.460 e. The van der Waals surface area contributed by atoms with Crippen LogP contribution < -0.4 is 10.6 Å². The van der Waals surface area contributed by atoms with Crippen molar-refractivity contribution in [2.75, 3.05) is 32.3 Å². The normalized spacial score (nSPS) is 25.8. The van der Waals surface area contributed by atoms with Gasteiger partial charge >= 0.3 is 12.1 Å². The smallest absolute Gasteiger partial charge is 0.407 e. The van der Waals surface area contributed by atoms with Crippen molar-refractivity contribution < 1.29 is 42.2 Å². The number of unbranched alkanes of at least 4 members (excludes halogenated alkanes) is 2. The maximum Gasteiger partial charge on any atom is 0.407 e. The number of nitrogens with zero attached hydrogens (tertiary/aromatic N) is 1. The first-order chi connectivity index (χ1) is 24.9. The molecule has 2 aliphatic carbocycles. The molecule has 2 heterocycles. The van der Waals surface area contributed by atoms with Crippen LogP contribution in [-0.4, -0.2) is 79.5 Å². The molecule has 1 aromatic heterocycles. The van der Waals surface area contributed by atoms with E-state index < -0.39 is 36.4 Å². The number of esters is 1. The zero-order valence-electron chi connectivity index (χ0n) is 31.5. The fourth-order valence-corrected chi connectivity index (χ4v) is 8.42. The molecular weight excluding hydrogens is 669 g/mol. The Kier molecular flexibility index (Phi) is 13.6. The lowest BCUT2D eigenvalue weighted by Crippen LogP contribution is -2.50. The second-order valence-electron chi connectivity index (χ2n) is 15.9. The second kappa shape index (κ2) is 17.9. The van der Waals surface area contributed by atoms with Crippen LogP contribution in [0.2, 0.25) is 0 Å². The molecule has 1 saturated heterocycles. The molecule has 0 radical (unpaired) electrons. The monoisotopic (exact) mass is 727 g/mol. The number of ether oxygens (including phenoxy) is 3. The predicted molar refractivity (Wildman–Crippen MR) is 196 cm³/mol. The number of likely N-dealkylation sites (tertiary alicyclic amines) is 1. The molecule has 11 nitrogen and oxygen atoms in total. The quantitative estimate of drug-likeness (QED) is 0.158. The van der Waals surface area contributed by atoms with E-state index >= 15 is 0 Å². The average Bonchev–Trinajstić information content (AvgIpc) is 3.77. The number of furan rings is 1. The number of alkyl carbamates (subject to hydrolysis) is 1. The summed E-state index contributed by atoms with van der Waals surface area (Å²) < 4.78 is 36.2. The number of carbonyl (C=O) groups excluding carboxylic acids is 4. The third-order valence-corrected chi connectivity index (χ3v) is 11.2. The highest BCUT2D eigenvalue weighted by molar-refractivity contribution is 6.00. The van der Waals surface area contributed by atoms with Gasteiger partial charge in [-0.05, 0) is 127 Å². The lowest BCUT2D eigenvalue weighted by molar-refractivity contribution is -0.142. The van der Waals surface area contributed by atoms with Gasteiger partial charge in [-0.25, -0.2) is 14.0 Å². The molecule has 3 atom stereocenters. The third-order valence-electron chi connectivity index (χ3n) is 11.2. The van der Waals surface area contributed by atoms with Crippen LogP contribution in [0.3, 0.4) is 0 Å². The Bertz CT molecular complexity index is 1520. The van der Waals surface area contributed by atoms with Crippen molar-refractivity contribution in [1.82, 2.24) is 10.2 Å². The van der Waals surface area contributed by atoms with Crippen molar-refractivity contribution in [3.8, 4) is 0 Å². The van der Waals surface area contributed by atoms with Gasteiger partial charge in [-0.3, -0.25) is 9.59 Å². The number of benzene rings is 1. The maximum atomic E-state index is 14.3. The number of alkyl halides is 1. The van der Waals surface area contributed by atoms with Gasteiger partial charge in [0.15, 0.2) is 0 Å². The van der Waals surface area contributed by atoms with Crippen molar-refractivity contribution in [3.63, 3.8) is 0 Å². The number of fused-ring (bicyclic) bond motifs is 1. The average molecular weight is 728 g/mol. The van der Waals surface area contributed by atoms with Crippen LogP contribution in [0.5, 0.6) is 0 Å². The number of hydrogen-bond acceptors (Lipinski definition) is 8. The van der Waals surface area contributed by atoms with E-state index in [0.29, 0.717) is 61.4 Å². The fraction of sp³-hybridized carbons (Fsp3) is 0.700. The molecule has 1 aromatic carbocycles. The summed E-state index contributed by atoms with van der Waals surface area (Å²) in [5.41, 5.74) is 0.376. The molecule has 3 amide bonds. The largest absolute Gasteiger partial charge is 0.460 e. The molecule has 5 rings (SSSR count). The third kappa shape index (κ3) is 10.0. The first kappa shape index (κ1) is 39.5. The standard InChI is InChI=1S/C40H58FN3O8/c1-6-7-8-21-50-38(47)34-23-28-22-29(15-18-33(28)51-34)42-36(45)35-31(25-13-16-30(49-5)17-14-25)19-20-44(35)37(46)27-11-9-26(10-12-27)32(24-41)43-39(48)52-40(2,3)4/h15,18,22-23,25-27,30-32,35H,6-14,16-17,19-21,24H2,1-5H3,(H,42,45)(H,43,48)/t25-,26-,27-,30-,31-,32+,35-/m0/s1. The number of methoxy groups -OCH3 is 1. The predicted octanol–water partition coefficient (Wildman–Crippen LogP) is 7.81. The van der Waals surface area contributed by atoms with Crippen molar-refractivity contribution in [1.29, 1.82) is 0 Å². The minimum atomic E-state index is -0.709. The van der Waals surface area contributed by atoms with Gasteiger partial charge in [-0.1, -0.05) is 19.8 Å². The number of halogens is 1. The molecule has 12 heteroatoms. The molecule has 2 saturated carbocycles. The minimum absolute atomic E-state index is 0.0128. The maximum absolute atomic E-state index is 14.3. The Morgan fingerprint density at radius 2 is 1.71 bits per heavy atom. The molecule has 2 N–H and O–H groups in total. The van der Waals surface area contributed by atoms with Gasteiger partial charge < -0.3 is 34.2 Å². The van der Waals surface area contributed by atoms with Crippen molar-refractivity contribution in [2.24, 2.45) is 23.7 Å². The highest BCUT2D eigenvalue weighted by Crippen LogP contribution is 2.42. The van der Waals surface area contributed by atoms with E-state index in [4.69, 9.17) is 18.6 Å². The summed E-state index contributed by atoms with van der Waals surface area (Å²) in [6.07, 6.45) is 9.16. The number of hydrogen-bond donors (Lipinski definition) is 2. The van der Waals surface area contributed by atoms with Crippen LogP contribution in [0.4, 0.5) is 14.9 Å². The van der Waals surface area contributed by atoms with E-state index in [1.807, 2.05) is 0 Å². The number of amides is 3. The summed E-state index contributed by atoms with van der Waals surface area (Å²) in [6.45, 7) is 7.50. The fourth-order valence-electron chi connectivity index (χ4n) is 8.42. The van der Waals surface area contributed by atoms with Gasteiger partial charge in [0.1, 0.15) is 23.9 Å². The summed E-state index contributed by atoms with van der Waals surface area (Å²) >= 11 is 0. The summed E-state index contributed by atoms with van der Waals surface area (Å²) in [7, 11) is 1.74. The van der Waals surface area contributed by atoms with Gasteiger partial charge in [0, 0.05) is 30.6 Å². The van der Waals surface area contributed by atoms with Crippen molar-refractivity contribution in [3.05, 3.63) is 30.0 Å². The zero-order chi connectivity index (χ0) is 37.4. The van der Waals surface area contributed by atoms with E-state index in [0.717, 1.165) is 51.4 Å². The molecule has 1 aliphatic heterocycles. The van der Waals surface area contributed by atoms with Crippen LogP contribution >= 0.6 is 0 Å². The van der Waals surface area contributed by atoms with Gasteiger partial charge in [0.05, 0.1) is 18.8 Å². The summed E-state index contributed by atoms with van der Waals surface area (Å²) in [4.78, 5) is 55.2. The number of anilines is 1. The Labute approximate surface area is 307 Å². The van der Waals surface area contributed by atoms with E-state index in [1.165, 1.54) is 0 Å². The Morgan fingerprint density at radius 3 is 2.37 bits per heavy atom. The SMILES string of the molecule is CCCCCOC(=O)c1cc2cc(NC(=O)[C@@H]3[C@H]([C@H]4CC[C@H](OC)CC4)CCN3C(=O)[C@H]3CC[C@H]([C@@H](CF)NC(=O)OC(C)(C)C)CC3)ccc2o1. The molecule has 52 heavy (non-hydrogen) atoms. The Hall–Kier alpha value is -3.67. The molecule has 3 fully saturated rings. The van der Waals surface area contributed by atoms with E-state index in [2.05, 4.69) is 17.6 Å². The molecule has 0 spiro atoms. The highest BCUT2D eigenvalue weighted by Gasteiger charge is 2.47. The number of carbonyl (C=O) groups is 4. The zero-order valence-corrected chi connectivity index (χ0v) is 31.5. The van der Waals surface area contributed by atoms with Gasteiger partial charge in [0.2, 0.25) is 17.6 Å². The van der Waals surface area contributed by atoms with Crippen LogP contribution in [0, 0.1) is 23.7 Å². The number of nitrogens with one attached hydrogen (secondary N) is 2.